The van der Waals surface area contributed by atoms with Gasteiger partial charge in [-0.25, -0.2) is 4.98 Å². The van der Waals surface area contributed by atoms with Crippen molar-refractivity contribution < 1.29 is 9.53 Å². The number of ether oxygens (including phenoxy) is 1. The summed E-state index contributed by atoms with van der Waals surface area (Å²) in [6.07, 6.45) is 2.00. The standard InChI is InChI=1S/C26H27N3O2/c1-5-28(4)26(30)21-14-12-20(13-15-21)24-19(3)27-25-23(11-8-16-29(24)25)31-17-22-10-7-6-9-18(22)2/h6-16H,5,17H2,1-4H3. The lowest BCUT2D eigenvalue weighted by Gasteiger charge is -2.14. The van der Waals surface area contributed by atoms with Crippen molar-refractivity contribution in [1.82, 2.24) is 14.3 Å². The van der Waals surface area contributed by atoms with Gasteiger partial charge in [0.1, 0.15) is 6.61 Å². The molecule has 0 saturated carbocycles. The second-order valence-electron chi connectivity index (χ2n) is 7.72. The van der Waals surface area contributed by atoms with Crippen molar-refractivity contribution in [2.24, 2.45) is 0 Å². The summed E-state index contributed by atoms with van der Waals surface area (Å²) in [5.41, 5.74) is 6.76. The van der Waals surface area contributed by atoms with E-state index in [9.17, 15) is 4.79 Å². The van der Waals surface area contributed by atoms with E-state index in [1.54, 1.807) is 4.90 Å². The minimum atomic E-state index is 0.0239. The molecule has 4 aromatic rings. The molecule has 0 spiro atoms. The van der Waals surface area contributed by atoms with Crippen LogP contribution < -0.4 is 4.74 Å². The molecule has 0 saturated heterocycles. The fourth-order valence-corrected chi connectivity index (χ4v) is 3.68. The maximum Gasteiger partial charge on any atom is 0.253 e. The molecule has 0 aliphatic heterocycles. The van der Waals surface area contributed by atoms with Crippen LogP contribution in [0.1, 0.15) is 34.1 Å². The topological polar surface area (TPSA) is 46.8 Å². The van der Waals surface area contributed by atoms with Crippen LogP contribution in [-0.4, -0.2) is 33.8 Å². The fraction of sp³-hybridized carbons (Fsp3) is 0.231. The normalized spacial score (nSPS) is 11.0. The highest BCUT2D eigenvalue weighted by atomic mass is 16.5. The van der Waals surface area contributed by atoms with E-state index in [-0.39, 0.29) is 5.91 Å². The van der Waals surface area contributed by atoms with Gasteiger partial charge in [-0.1, -0.05) is 36.4 Å². The van der Waals surface area contributed by atoms with E-state index >= 15 is 0 Å². The molecule has 0 atom stereocenters. The third-order valence-corrected chi connectivity index (χ3v) is 5.66. The first-order valence-corrected chi connectivity index (χ1v) is 10.5. The zero-order valence-corrected chi connectivity index (χ0v) is 18.4. The van der Waals surface area contributed by atoms with Crippen LogP contribution in [0.5, 0.6) is 5.75 Å². The molecule has 5 nitrogen and oxygen atoms in total. The first-order chi connectivity index (χ1) is 15.0. The second kappa shape index (κ2) is 8.64. The van der Waals surface area contributed by atoms with Gasteiger partial charge in [-0.2, -0.15) is 0 Å². The Balaban J connectivity index is 1.66. The van der Waals surface area contributed by atoms with Gasteiger partial charge in [0.05, 0.1) is 11.4 Å². The van der Waals surface area contributed by atoms with Crippen molar-refractivity contribution in [2.45, 2.75) is 27.4 Å². The Hall–Kier alpha value is -3.60. The van der Waals surface area contributed by atoms with Gasteiger partial charge < -0.3 is 9.64 Å². The molecule has 0 bridgehead atoms. The Kier molecular flexibility index (Phi) is 5.76. The number of aryl methyl sites for hydroxylation is 2. The summed E-state index contributed by atoms with van der Waals surface area (Å²) in [6.45, 7) is 7.22. The van der Waals surface area contributed by atoms with Crippen LogP contribution in [0.15, 0.2) is 66.9 Å². The number of carbonyl (C=O) groups is 1. The molecule has 1 amide bonds. The average Bonchev–Trinajstić information content (AvgIpc) is 3.14. The lowest BCUT2D eigenvalue weighted by atomic mass is 10.1. The van der Waals surface area contributed by atoms with Gasteiger partial charge in [-0.15, -0.1) is 0 Å². The lowest BCUT2D eigenvalue weighted by Crippen LogP contribution is -2.26. The van der Waals surface area contributed by atoms with Crippen LogP contribution in [0.4, 0.5) is 0 Å². The molecule has 2 aromatic carbocycles. The van der Waals surface area contributed by atoms with Crippen molar-refractivity contribution in [2.75, 3.05) is 13.6 Å². The minimum Gasteiger partial charge on any atom is -0.485 e. The number of rotatable bonds is 6. The number of pyridine rings is 1. The predicted octanol–water partition coefficient (Wildman–Crippen LogP) is 5.29. The summed E-state index contributed by atoms with van der Waals surface area (Å²) >= 11 is 0. The van der Waals surface area contributed by atoms with Crippen molar-refractivity contribution >= 4 is 11.6 Å². The molecule has 2 heterocycles. The van der Waals surface area contributed by atoms with E-state index in [1.807, 2.05) is 75.6 Å². The maximum atomic E-state index is 12.4. The predicted molar refractivity (Wildman–Crippen MR) is 124 cm³/mol. The molecule has 31 heavy (non-hydrogen) atoms. The number of amides is 1. The van der Waals surface area contributed by atoms with Crippen molar-refractivity contribution in [1.29, 1.82) is 0 Å². The van der Waals surface area contributed by atoms with Gasteiger partial charge in [0, 0.05) is 30.9 Å². The number of hydrogen-bond acceptors (Lipinski definition) is 3. The Labute approximate surface area is 182 Å². The van der Waals surface area contributed by atoms with Gasteiger partial charge in [0.25, 0.3) is 5.91 Å². The molecule has 0 unspecified atom stereocenters. The molecular weight excluding hydrogens is 386 g/mol. The average molecular weight is 414 g/mol. The van der Waals surface area contributed by atoms with Crippen molar-refractivity contribution in [3.63, 3.8) is 0 Å². The third-order valence-electron chi connectivity index (χ3n) is 5.66. The van der Waals surface area contributed by atoms with Crippen LogP contribution in [0.25, 0.3) is 16.9 Å². The van der Waals surface area contributed by atoms with E-state index < -0.39 is 0 Å². The molecule has 0 radical (unpaired) electrons. The molecule has 0 N–H and O–H groups in total. The second-order valence-corrected chi connectivity index (χ2v) is 7.72. The zero-order valence-electron chi connectivity index (χ0n) is 18.4. The quantitative estimate of drug-likeness (QED) is 0.432. The highest BCUT2D eigenvalue weighted by Gasteiger charge is 2.16. The molecule has 0 aliphatic rings. The van der Waals surface area contributed by atoms with Crippen LogP contribution in [0, 0.1) is 13.8 Å². The molecule has 0 fully saturated rings. The van der Waals surface area contributed by atoms with E-state index in [0.29, 0.717) is 18.7 Å². The number of fused-ring (bicyclic) bond motifs is 1. The summed E-state index contributed by atoms with van der Waals surface area (Å²) in [5.74, 6) is 0.771. The highest BCUT2D eigenvalue weighted by Crippen LogP contribution is 2.30. The van der Waals surface area contributed by atoms with Crippen molar-refractivity contribution in [3.8, 4) is 17.0 Å². The largest absolute Gasteiger partial charge is 0.485 e. The van der Waals surface area contributed by atoms with E-state index in [0.717, 1.165) is 33.9 Å². The summed E-state index contributed by atoms with van der Waals surface area (Å²) in [6, 6.07) is 19.9. The summed E-state index contributed by atoms with van der Waals surface area (Å²) in [7, 11) is 1.81. The van der Waals surface area contributed by atoms with Gasteiger partial charge in [-0.3, -0.25) is 9.20 Å². The molecular formula is C26H27N3O2. The number of hydrogen-bond donors (Lipinski definition) is 0. The summed E-state index contributed by atoms with van der Waals surface area (Å²) in [5, 5.41) is 0. The molecule has 5 heteroatoms. The smallest absolute Gasteiger partial charge is 0.253 e. The summed E-state index contributed by atoms with van der Waals surface area (Å²) in [4.78, 5) is 18.9. The number of imidazole rings is 1. The maximum absolute atomic E-state index is 12.4. The third kappa shape index (κ3) is 4.04. The van der Waals surface area contributed by atoms with Gasteiger partial charge in [-0.05, 0) is 56.2 Å². The zero-order chi connectivity index (χ0) is 22.0. The minimum absolute atomic E-state index is 0.0239. The van der Waals surface area contributed by atoms with E-state index in [1.165, 1.54) is 5.56 Å². The highest BCUT2D eigenvalue weighted by molar-refractivity contribution is 5.94. The monoisotopic (exact) mass is 413 g/mol. The molecule has 158 valence electrons. The number of carbonyl (C=O) groups excluding carboxylic acids is 1. The Morgan fingerprint density at radius 2 is 1.77 bits per heavy atom. The van der Waals surface area contributed by atoms with Gasteiger partial charge in [0.15, 0.2) is 11.4 Å². The molecule has 2 aromatic heterocycles. The molecule has 4 rings (SSSR count). The number of benzene rings is 2. The number of aromatic nitrogens is 2. The van der Waals surface area contributed by atoms with E-state index in [4.69, 9.17) is 9.72 Å². The van der Waals surface area contributed by atoms with Gasteiger partial charge in [0.2, 0.25) is 0 Å². The van der Waals surface area contributed by atoms with Crippen LogP contribution in [-0.2, 0) is 6.61 Å². The summed E-state index contributed by atoms with van der Waals surface area (Å²) < 4.78 is 8.20. The van der Waals surface area contributed by atoms with Crippen LogP contribution >= 0.6 is 0 Å². The number of nitrogens with zero attached hydrogens (tertiary/aromatic N) is 3. The Bertz CT molecular complexity index is 1230. The van der Waals surface area contributed by atoms with Crippen LogP contribution in [0.2, 0.25) is 0 Å². The Morgan fingerprint density at radius 3 is 2.48 bits per heavy atom. The first-order valence-electron chi connectivity index (χ1n) is 10.5. The Morgan fingerprint density at radius 1 is 1.03 bits per heavy atom. The lowest BCUT2D eigenvalue weighted by molar-refractivity contribution is 0.0802. The van der Waals surface area contributed by atoms with E-state index in [2.05, 4.69) is 23.5 Å². The van der Waals surface area contributed by atoms with Gasteiger partial charge >= 0.3 is 0 Å². The van der Waals surface area contributed by atoms with Crippen molar-refractivity contribution in [3.05, 3.63) is 89.2 Å². The first kappa shape index (κ1) is 20.7. The SMILES string of the molecule is CCN(C)C(=O)c1ccc(-c2c(C)nc3c(OCc4ccccc4C)cccn23)cc1. The molecule has 0 aliphatic carbocycles. The fourth-order valence-electron chi connectivity index (χ4n) is 3.68. The van der Waals surface area contributed by atoms with Crippen LogP contribution in [0.3, 0.4) is 0 Å².